The van der Waals surface area contributed by atoms with Gasteiger partial charge in [-0.1, -0.05) is 6.07 Å². The van der Waals surface area contributed by atoms with Crippen molar-refractivity contribution in [3.8, 4) is 0 Å². The maximum atomic E-state index is 13.2. The van der Waals surface area contributed by atoms with Gasteiger partial charge in [0.25, 0.3) is 11.5 Å². The lowest BCUT2D eigenvalue weighted by Gasteiger charge is -2.31. The molecule has 0 aromatic carbocycles. The second-order valence-corrected chi connectivity index (χ2v) is 7.47. The molecule has 1 fully saturated rings. The molecule has 8 nitrogen and oxygen atoms in total. The normalized spacial score (nSPS) is 17.1. The van der Waals surface area contributed by atoms with E-state index >= 15 is 0 Å². The third-order valence-electron chi connectivity index (χ3n) is 5.57. The zero-order chi connectivity index (χ0) is 20.7. The zero-order valence-electron chi connectivity index (χ0n) is 16.8. The van der Waals surface area contributed by atoms with Crippen LogP contribution in [0.1, 0.15) is 35.8 Å². The number of ether oxygens (including phenoxy) is 1. The number of hydrogen-bond acceptors (Lipinski definition) is 5. The molecule has 1 saturated heterocycles. The van der Waals surface area contributed by atoms with Crippen molar-refractivity contribution in [1.29, 1.82) is 0 Å². The number of hydrogen-bond donors (Lipinski definition) is 0. The lowest BCUT2D eigenvalue weighted by molar-refractivity contribution is -0.149. The third-order valence-corrected chi connectivity index (χ3v) is 5.57. The predicted molar refractivity (Wildman–Crippen MR) is 108 cm³/mol. The molecular formula is C21H24N4O4. The third kappa shape index (κ3) is 3.18. The highest BCUT2D eigenvalue weighted by Crippen LogP contribution is 2.22. The Morgan fingerprint density at radius 2 is 2.10 bits per heavy atom. The molecule has 1 aliphatic heterocycles. The molecule has 29 heavy (non-hydrogen) atoms. The molecular weight excluding hydrogens is 372 g/mol. The van der Waals surface area contributed by atoms with E-state index in [0.717, 1.165) is 12.0 Å². The summed E-state index contributed by atoms with van der Waals surface area (Å²) in [4.78, 5) is 44.6. The van der Waals surface area contributed by atoms with E-state index in [1.807, 2.05) is 13.0 Å². The van der Waals surface area contributed by atoms with Crippen LogP contribution < -0.4 is 5.56 Å². The Morgan fingerprint density at radius 1 is 1.31 bits per heavy atom. The smallest absolute Gasteiger partial charge is 0.310 e. The van der Waals surface area contributed by atoms with Gasteiger partial charge >= 0.3 is 5.97 Å². The van der Waals surface area contributed by atoms with Crippen molar-refractivity contribution in [3.63, 3.8) is 0 Å². The van der Waals surface area contributed by atoms with Crippen LogP contribution in [0, 0.1) is 12.8 Å². The highest BCUT2D eigenvalue weighted by Gasteiger charge is 2.31. The van der Waals surface area contributed by atoms with Crippen LogP contribution in [0.4, 0.5) is 0 Å². The average molecular weight is 396 g/mol. The molecule has 3 aromatic rings. The molecule has 8 heteroatoms. The number of aromatic nitrogens is 3. The molecule has 0 bridgehead atoms. The van der Waals surface area contributed by atoms with Gasteiger partial charge in [-0.2, -0.15) is 0 Å². The molecule has 1 amide bonds. The Labute approximate surface area is 167 Å². The van der Waals surface area contributed by atoms with Gasteiger partial charge in [-0.25, -0.2) is 4.98 Å². The molecule has 0 saturated carbocycles. The summed E-state index contributed by atoms with van der Waals surface area (Å²) in [5.41, 5.74) is 2.13. The minimum Gasteiger partial charge on any atom is -0.466 e. The lowest BCUT2D eigenvalue weighted by atomic mass is 9.98. The van der Waals surface area contributed by atoms with Gasteiger partial charge in [0.05, 0.1) is 17.9 Å². The first-order valence-electron chi connectivity index (χ1n) is 9.85. The summed E-state index contributed by atoms with van der Waals surface area (Å²) in [6.45, 7) is 4.90. The van der Waals surface area contributed by atoms with E-state index in [0.29, 0.717) is 48.5 Å². The summed E-state index contributed by atoms with van der Waals surface area (Å²) in [6, 6.07) is 5.30. The molecule has 4 heterocycles. The van der Waals surface area contributed by atoms with E-state index in [-0.39, 0.29) is 23.4 Å². The number of carbonyl (C=O) groups is 2. The van der Waals surface area contributed by atoms with E-state index in [4.69, 9.17) is 4.74 Å². The minimum atomic E-state index is -0.309. The van der Waals surface area contributed by atoms with Gasteiger partial charge in [0.15, 0.2) is 0 Å². The Kier molecular flexibility index (Phi) is 4.86. The van der Waals surface area contributed by atoms with Gasteiger partial charge in [-0.15, -0.1) is 0 Å². The highest BCUT2D eigenvalue weighted by atomic mass is 16.5. The topological polar surface area (TPSA) is 85.9 Å². The van der Waals surface area contributed by atoms with Crippen LogP contribution in [-0.2, 0) is 16.6 Å². The Balaban J connectivity index is 1.73. The van der Waals surface area contributed by atoms with Crippen LogP contribution in [0.3, 0.4) is 0 Å². The quantitative estimate of drug-likeness (QED) is 0.632. The van der Waals surface area contributed by atoms with E-state index in [1.54, 1.807) is 41.8 Å². The zero-order valence-corrected chi connectivity index (χ0v) is 16.8. The van der Waals surface area contributed by atoms with Gasteiger partial charge < -0.3 is 14.2 Å². The van der Waals surface area contributed by atoms with Gasteiger partial charge in [0.1, 0.15) is 17.0 Å². The fourth-order valence-electron chi connectivity index (χ4n) is 4.01. The van der Waals surface area contributed by atoms with Crippen LogP contribution >= 0.6 is 0 Å². The number of piperidine rings is 1. The first-order valence-corrected chi connectivity index (χ1v) is 9.85. The molecule has 0 aliphatic carbocycles. The largest absolute Gasteiger partial charge is 0.466 e. The Bertz CT molecular complexity index is 1180. The fraction of sp³-hybridized carbons (Fsp3) is 0.429. The number of likely N-dealkylation sites (tertiary alicyclic amines) is 1. The number of esters is 1. The molecule has 0 radical (unpaired) electrons. The minimum absolute atomic E-state index is 0.202. The number of rotatable bonds is 3. The van der Waals surface area contributed by atoms with Gasteiger partial charge in [-0.3, -0.25) is 18.8 Å². The van der Waals surface area contributed by atoms with Crippen molar-refractivity contribution in [2.75, 3.05) is 19.7 Å². The number of fused-ring (bicyclic) bond motifs is 2. The summed E-state index contributed by atoms with van der Waals surface area (Å²) in [7, 11) is 1.74. The molecule has 1 atom stereocenters. The Morgan fingerprint density at radius 3 is 2.86 bits per heavy atom. The summed E-state index contributed by atoms with van der Waals surface area (Å²) in [6.07, 6.45) is 3.13. The summed E-state index contributed by atoms with van der Waals surface area (Å²) in [5.74, 6) is -0.773. The Hall–Kier alpha value is -3.16. The molecule has 3 aromatic heterocycles. The number of nitrogens with zero attached hydrogens (tertiary/aromatic N) is 4. The predicted octanol–water partition coefficient (Wildman–Crippen LogP) is 1.91. The van der Waals surface area contributed by atoms with E-state index in [9.17, 15) is 14.4 Å². The van der Waals surface area contributed by atoms with Crippen molar-refractivity contribution >= 4 is 28.6 Å². The second kappa shape index (κ2) is 7.35. The second-order valence-electron chi connectivity index (χ2n) is 7.47. The average Bonchev–Trinajstić information content (AvgIpc) is 3.06. The fourth-order valence-corrected chi connectivity index (χ4v) is 4.01. The number of amides is 1. The standard InChI is InChI=1S/C21H24N4O4/c1-4-29-21(28)14-8-6-9-24(12-14)20(27)16-11-15-18(23(16)3)22-17-13(2)7-5-10-25(17)19(15)26/h5,7,10-11,14H,4,6,8-9,12H2,1-3H3/t14-/m0/s1. The van der Waals surface area contributed by atoms with Gasteiger partial charge in [0, 0.05) is 26.3 Å². The van der Waals surface area contributed by atoms with Crippen LogP contribution in [0.5, 0.6) is 0 Å². The maximum absolute atomic E-state index is 13.2. The summed E-state index contributed by atoms with van der Waals surface area (Å²) >= 11 is 0. The molecule has 0 unspecified atom stereocenters. The van der Waals surface area contributed by atoms with Crippen molar-refractivity contribution in [3.05, 3.63) is 46.0 Å². The number of aryl methyl sites for hydroxylation is 2. The van der Waals surface area contributed by atoms with Crippen LogP contribution in [0.2, 0.25) is 0 Å². The molecule has 152 valence electrons. The SMILES string of the molecule is CCOC(=O)[C@H]1CCCN(C(=O)c2cc3c(=O)n4cccc(C)c4nc3n2C)C1. The van der Waals surface area contributed by atoms with Crippen molar-refractivity contribution in [2.24, 2.45) is 13.0 Å². The monoisotopic (exact) mass is 396 g/mol. The first-order chi connectivity index (χ1) is 13.9. The maximum Gasteiger partial charge on any atom is 0.310 e. The van der Waals surface area contributed by atoms with Gasteiger partial charge in [-0.05, 0) is 44.4 Å². The summed E-state index contributed by atoms with van der Waals surface area (Å²) < 4.78 is 8.29. The molecule has 1 aliphatic rings. The van der Waals surface area contributed by atoms with E-state index in [2.05, 4.69) is 4.98 Å². The van der Waals surface area contributed by atoms with Crippen LogP contribution in [0.15, 0.2) is 29.2 Å². The lowest BCUT2D eigenvalue weighted by Crippen LogP contribution is -2.43. The molecule has 4 rings (SSSR count). The first kappa shape index (κ1) is 19.2. The summed E-state index contributed by atoms with van der Waals surface area (Å²) in [5, 5.41) is 0.401. The van der Waals surface area contributed by atoms with Crippen LogP contribution in [-0.4, -0.2) is 50.4 Å². The van der Waals surface area contributed by atoms with Gasteiger partial charge in [0.2, 0.25) is 0 Å². The molecule has 0 N–H and O–H groups in total. The molecule has 0 spiro atoms. The van der Waals surface area contributed by atoms with Crippen molar-refractivity contribution in [1.82, 2.24) is 18.9 Å². The van der Waals surface area contributed by atoms with Crippen molar-refractivity contribution < 1.29 is 14.3 Å². The van der Waals surface area contributed by atoms with E-state index < -0.39 is 0 Å². The van der Waals surface area contributed by atoms with Crippen LogP contribution in [0.25, 0.3) is 16.7 Å². The van der Waals surface area contributed by atoms with Crippen molar-refractivity contribution in [2.45, 2.75) is 26.7 Å². The number of carbonyl (C=O) groups excluding carboxylic acids is 2. The van der Waals surface area contributed by atoms with E-state index in [1.165, 1.54) is 4.40 Å². The number of pyridine rings is 1. The highest BCUT2D eigenvalue weighted by molar-refractivity contribution is 5.98.